The molecule has 0 aromatic carbocycles. The summed E-state index contributed by atoms with van der Waals surface area (Å²) in [5, 5.41) is 0. The molecule has 0 radical (unpaired) electrons. The molecule has 0 spiro atoms. The Labute approximate surface area is 100 Å². The zero-order valence-corrected chi connectivity index (χ0v) is 11.6. The molecule has 0 aliphatic heterocycles. The molecule has 2 N–H and O–H groups in total. The number of hydrogen-bond donors (Lipinski definition) is 1. The van der Waals surface area contributed by atoms with Gasteiger partial charge in [0.2, 0.25) is 0 Å². The van der Waals surface area contributed by atoms with E-state index in [4.69, 9.17) is 15.2 Å². The smallest absolute Gasteiger partial charge is 0.0661 e. The van der Waals surface area contributed by atoms with E-state index in [0.29, 0.717) is 31.7 Å². The fourth-order valence-electron chi connectivity index (χ4n) is 2.16. The van der Waals surface area contributed by atoms with Gasteiger partial charge in [-0.1, -0.05) is 13.8 Å². The normalized spacial score (nSPS) is 17.8. The first-order chi connectivity index (χ1) is 7.46. The lowest BCUT2D eigenvalue weighted by Gasteiger charge is -2.46. The minimum Gasteiger partial charge on any atom is -0.383 e. The van der Waals surface area contributed by atoms with Crippen LogP contribution in [-0.2, 0) is 9.47 Å². The maximum Gasteiger partial charge on any atom is 0.0661 e. The van der Waals surface area contributed by atoms with Crippen LogP contribution in [0.25, 0.3) is 0 Å². The first kappa shape index (κ1) is 15.8. The number of likely N-dealkylation sites (N-methyl/N-ethyl adjacent to an activating group) is 1. The van der Waals surface area contributed by atoms with Crippen LogP contribution in [0.15, 0.2) is 0 Å². The number of methoxy groups -OCH3 is 2. The molecule has 0 aromatic heterocycles. The van der Waals surface area contributed by atoms with Crippen molar-refractivity contribution in [3.63, 3.8) is 0 Å². The van der Waals surface area contributed by atoms with Crippen LogP contribution in [-0.4, -0.2) is 57.5 Å². The van der Waals surface area contributed by atoms with Crippen LogP contribution in [0, 0.1) is 5.92 Å². The van der Waals surface area contributed by atoms with Gasteiger partial charge >= 0.3 is 0 Å². The van der Waals surface area contributed by atoms with Crippen molar-refractivity contribution in [1.82, 2.24) is 4.90 Å². The molecule has 0 rings (SSSR count). The van der Waals surface area contributed by atoms with Gasteiger partial charge in [0.25, 0.3) is 0 Å². The number of ether oxygens (including phenoxy) is 2. The molecule has 0 aliphatic rings. The summed E-state index contributed by atoms with van der Waals surface area (Å²) >= 11 is 0. The third-order valence-corrected chi connectivity index (χ3v) is 3.59. The minimum absolute atomic E-state index is 0.118. The van der Waals surface area contributed by atoms with Gasteiger partial charge in [-0.2, -0.15) is 0 Å². The van der Waals surface area contributed by atoms with Gasteiger partial charge in [-0.3, -0.25) is 4.90 Å². The van der Waals surface area contributed by atoms with Crippen molar-refractivity contribution < 1.29 is 9.47 Å². The Morgan fingerprint density at radius 2 is 1.75 bits per heavy atom. The fourth-order valence-corrected chi connectivity index (χ4v) is 2.16. The van der Waals surface area contributed by atoms with Gasteiger partial charge < -0.3 is 15.2 Å². The second-order valence-corrected chi connectivity index (χ2v) is 4.81. The molecule has 0 amide bonds. The number of nitrogens with zero attached hydrogens (tertiary/aromatic N) is 1. The largest absolute Gasteiger partial charge is 0.383 e. The Morgan fingerprint density at radius 3 is 2.06 bits per heavy atom. The lowest BCUT2D eigenvalue weighted by atomic mass is 9.84. The Hall–Kier alpha value is -0.160. The minimum atomic E-state index is -0.118. The third kappa shape index (κ3) is 3.42. The zero-order valence-electron chi connectivity index (χ0n) is 11.6. The van der Waals surface area contributed by atoms with Gasteiger partial charge in [0.15, 0.2) is 0 Å². The van der Waals surface area contributed by atoms with Crippen molar-refractivity contribution >= 4 is 0 Å². The molecule has 16 heavy (non-hydrogen) atoms. The van der Waals surface area contributed by atoms with Crippen LogP contribution in [0.3, 0.4) is 0 Å². The Morgan fingerprint density at radius 1 is 1.19 bits per heavy atom. The molecule has 98 valence electrons. The number of rotatable bonds is 8. The van der Waals surface area contributed by atoms with Gasteiger partial charge in [0.1, 0.15) is 0 Å². The molecule has 0 aliphatic carbocycles. The second kappa shape index (κ2) is 7.22. The summed E-state index contributed by atoms with van der Waals surface area (Å²) < 4.78 is 10.5. The summed E-state index contributed by atoms with van der Waals surface area (Å²) in [4.78, 5) is 2.28. The van der Waals surface area contributed by atoms with Crippen LogP contribution >= 0.6 is 0 Å². The highest BCUT2D eigenvalue weighted by atomic mass is 16.5. The lowest BCUT2D eigenvalue weighted by Crippen LogP contribution is -2.62. The maximum atomic E-state index is 5.97. The molecule has 0 heterocycles. The predicted octanol–water partition coefficient (Wildman–Crippen LogP) is 0.953. The summed E-state index contributed by atoms with van der Waals surface area (Å²) in [5.74, 6) is 0.432. The fraction of sp³-hybridized carbons (Fsp3) is 1.00. The molecule has 0 fully saturated rings. The molecule has 4 heteroatoms. The Bertz CT molecular complexity index is 188. The van der Waals surface area contributed by atoms with Gasteiger partial charge in [-0.05, 0) is 19.9 Å². The van der Waals surface area contributed by atoms with Gasteiger partial charge in [-0.15, -0.1) is 0 Å². The third-order valence-electron chi connectivity index (χ3n) is 3.59. The topological polar surface area (TPSA) is 47.7 Å². The van der Waals surface area contributed by atoms with E-state index in [9.17, 15) is 0 Å². The van der Waals surface area contributed by atoms with E-state index in [1.54, 1.807) is 14.2 Å². The summed E-state index contributed by atoms with van der Waals surface area (Å²) in [7, 11) is 5.54. The van der Waals surface area contributed by atoms with Gasteiger partial charge in [-0.25, -0.2) is 0 Å². The average Bonchev–Trinajstić information content (AvgIpc) is 2.24. The zero-order chi connectivity index (χ0) is 12.8. The van der Waals surface area contributed by atoms with E-state index in [2.05, 4.69) is 32.7 Å². The predicted molar refractivity (Wildman–Crippen MR) is 67.6 cm³/mol. The van der Waals surface area contributed by atoms with Crippen molar-refractivity contribution in [2.45, 2.75) is 32.4 Å². The second-order valence-electron chi connectivity index (χ2n) is 4.81. The van der Waals surface area contributed by atoms with E-state index in [0.717, 1.165) is 0 Å². The number of hydrogen-bond acceptors (Lipinski definition) is 4. The molecule has 2 unspecified atom stereocenters. The van der Waals surface area contributed by atoms with E-state index in [-0.39, 0.29) is 5.54 Å². The van der Waals surface area contributed by atoms with Gasteiger partial charge in [0, 0.05) is 26.8 Å². The highest BCUT2D eigenvalue weighted by molar-refractivity contribution is 4.95. The number of nitrogens with two attached hydrogens (primary N) is 1. The van der Waals surface area contributed by atoms with Crippen LogP contribution in [0.4, 0.5) is 0 Å². The Kier molecular flexibility index (Phi) is 7.15. The maximum absolute atomic E-state index is 5.97. The monoisotopic (exact) mass is 232 g/mol. The quantitative estimate of drug-likeness (QED) is 0.677. The van der Waals surface area contributed by atoms with Gasteiger partial charge in [0.05, 0.1) is 18.8 Å². The molecular weight excluding hydrogens is 204 g/mol. The van der Waals surface area contributed by atoms with E-state index in [1.165, 1.54) is 0 Å². The van der Waals surface area contributed by atoms with E-state index in [1.807, 2.05) is 0 Å². The van der Waals surface area contributed by atoms with E-state index < -0.39 is 0 Å². The Balaban J connectivity index is 4.85. The lowest BCUT2D eigenvalue weighted by molar-refractivity contribution is -0.0363. The van der Waals surface area contributed by atoms with Crippen LogP contribution in [0.1, 0.15) is 20.8 Å². The molecule has 0 aromatic rings. The summed E-state index contributed by atoms with van der Waals surface area (Å²) in [6.45, 7) is 8.44. The van der Waals surface area contributed by atoms with Crippen molar-refractivity contribution in [1.29, 1.82) is 0 Å². The average molecular weight is 232 g/mol. The van der Waals surface area contributed by atoms with Crippen LogP contribution in [0.5, 0.6) is 0 Å². The summed E-state index contributed by atoms with van der Waals surface area (Å²) in [6, 6.07) is 0.325. The van der Waals surface area contributed by atoms with Crippen molar-refractivity contribution in [2.75, 3.05) is 41.0 Å². The summed E-state index contributed by atoms with van der Waals surface area (Å²) in [6.07, 6.45) is 0. The molecule has 4 nitrogen and oxygen atoms in total. The van der Waals surface area contributed by atoms with E-state index >= 15 is 0 Å². The first-order valence-electron chi connectivity index (χ1n) is 5.87. The standard InChI is InChI=1S/C12H28N2O2/c1-10(2)12(8-13,9-16-6)14(4)11(3)7-15-5/h10-11H,7-9,13H2,1-6H3. The van der Waals surface area contributed by atoms with Crippen molar-refractivity contribution in [3.8, 4) is 0 Å². The molecule has 2 atom stereocenters. The molecule has 0 saturated carbocycles. The van der Waals surface area contributed by atoms with Crippen LogP contribution in [0.2, 0.25) is 0 Å². The van der Waals surface area contributed by atoms with Crippen molar-refractivity contribution in [2.24, 2.45) is 11.7 Å². The SMILES string of the molecule is COCC(C)N(C)C(CN)(COC)C(C)C. The highest BCUT2D eigenvalue weighted by Crippen LogP contribution is 2.25. The van der Waals surface area contributed by atoms with Crippen molar-refractivity contribution in [3.05, 3.63) is 0 Å². The highest BCUT2D eigenvalue weighted by Gasteiger charge is 2.38. The summed E-state index contributed by atoms with van der Waals surface area (Å²) in [5.41, 5.74) is 5.85. The molecule has 0 bridgehead atoms. The first-order valence-corrected chi connectivity index (χ1v) is 5.87. The molecular formula is C12H28N2O2. The molecule has 0 saturated heterocycles. The van der Waals surface area contributed by atoms with Crippen LogP contribution < -0.4 is 5.73 Å².